The van der Waals surface area contributed by atoms with Crippen LogP contribution < -0.4 is 68.9 Å². The van der Waals surface area contributed by atoms with E-state index in [9.17, 15) is 19.1 Å². The number of aliphatic hydroxyl groups excluding tert-OH is 4. The molecule has 0 radical (unpaired) electrons. The van der Waals surface area contributed by atoms with Gasteiger partial charge in [-0.1, -0.05) is 0 Å². The van der Waals surface area contributed by atoms with Crippen LogP contribution in [0.15, 0.2) is 0 Å². The van der Waals surface area contributed by atoms with Crippen LogP contribution in [0.3, 0.4) is 0 Å². The Hall–Kier alpha value is 1.46. The van der Waals surface area contributed by atoms with Gasteiger partial charge >= 0.3 is 65.1 Å². The van der Waals surface area contributed by atoms with Crippen molar-refractivity contribution in [2.45, 2.75) is 31.3 Å². The van der Waals surface area contributed by atoms with Gasteiger partial charge in [-0.25, -0.2) is 4.79 Å². The molecule has 0 saturated carbocycles. The van der Waals surface area contributed by atoms with Gasteiger partial charge < -0.3 is 39.3 Å². The van der Waals surface area contributed by atoms with Gasteiger partial charge in [0.25, 0.3) is 0 Å². The summed E-state index contributed by atoms with van der Waals surface area (Å²) in [6.45, 7) is 1.05. The summed E-state index contributed by atoms with van der Waals surface area (Å²) in [6, 6.07) is 0. The van der Waals surface area contributed by atoms with Crippen LogP contribution in [0.1, 0.15) is 6.92 Å². The number of hydrogen-bond donors (Lipinski definition) is 4. The average molecular weight is 304 g/mol. The minimum Gasteiger partial charge on any atom is -0.780 e. The fourth-order valence-electron chi connectivity index (χ4n) is 0.776. The first-order valence-corrected chi connectivity index (χ1v) is 5.50. The largest absolute Gasteiger partial charge is 1.00 e. The van der Waals surface area contributed by atoms with Gasteiger partial charge in [0.2, 0.25) is 0 Å². The topological polar surface area (TPSA) is 170 Å². The fraction of sp³-hybridized carbons (Fsp3) is 0.833. The number of hydrogen-bond acceptors (Lipinski definition) is 9. The molecule has 0 rings (SSSR count). The van der Waals surface area contributed by atoms with Crippen molar-refractivity contribution in [3.63, 3.8) is 0 Å². The van der Waals surface area contributed by atoms with Crippen molar-refractivity contribution in [2.75, 3.05) is 0 Å². The minimum atomic E-state index is -5.63. The molecule has 0 amide bonds. The van der Waals surface area contributed by atoms with Gasteiger partial charge in [0.05, 0.1) is 6.10 Å². The maximum absolute atomic E-state index is 10.7. The Kier molecular flexibility index (Phi) is 13.9. The van der Waals surface area contributed by atoms with Crippen LogP contribution in [0.2, 0.25) is 0 Å². The molecular formula is C6H11Na2O9P. The molecule has 96 valence electrons. The standard InChI is InChI=1S/C6H13O9P.2Na/c1-2(7)3(8)4(9)5(10)6(11)15-16(12,13)14;;/h2-5,7-10H,1H3,(H2,12,13,14);;/q;2*+1/p-2/t2-,3+,4+,5-;;/m0../s1. The molecule has 0 fully saturated rings. The Bertz CT molecular complexity index is 293. The Morgan fingerprint density at radius 3 is 1.78 bits per heavy atom. The quantitative estimate of drug-likeness (QED) is 0.284. The van der Waals surface area contributed by atoms with E-state index in [0.717, 1.165) is 6.92 Å². The summed E-state index contributed by atoms with van der Waals surface area (Å²) in [7, 11) is -5.63. The average Bonchev–Trinajstić information content (AvgIpc) is 2.11. The smallest absolute Gasteiger partial charge is 0.780 e. The van der Waals surface area contributed by atoms with Crippen molar-refractivity contribution in [3.8, 4) is 0 Å². The molecule has 0 saturated heterocycles. The first-order chi connectivity index (χ1) is 7.06. The zero-order valence-electron chi connectivity index (χ0n) is 10.1. The third kappa shape index (κ3) is 9.38. The van der Waals surface area contributed by atoms with E-state index in [4.69, 9.17) is 20.4 Å². The maximum Gasteiger partial charge on any atom is 1.00 e. The van der Waals surface area contributed by atoms with Crippen molar-refractivity contribution < 1.29 is 103 Å². The van der Waals surface area contributed by atoms with E-state index < -0.39 is 38.2 Å². The predicted molar refractivity (Wildman–Crippen MR) is 43.4 cm³/mol. The Morgan fingerprint density at radius 1 is 1.11 bits per heavy atom. The van der Waals surface area contributed by atoms with E-state index in [1.54, 1.807) is 0 Å². The van der Waals surface area contributed by atoms with Gasteiger partial charge in [-0.3, -0.25) is 0 Å². The number of carbonyl (C=O) groups is 1. The Labute approximate surface area is 147 Å². The summed E-state index contributed by atoms with van der Waals surface area (Å²) in [6.07, 6.45) is -8.02. The second-order valence-electron chi connectivity index (χ2n) is 3.02. The monoisotopic (exact) mass is 304 g/mol. The number of carbonyl (C=O) groups excluding carboxylic acids is 1. The molecule has 12 heteroatoms. The first-order valence-electron chi connectivity index (χ1n) is 4.04. The molecule has 0 bridgehead atoms. The zero-order valence-corrected chi connectivity index (χ0v) is 15.0. The molecule has 0 aliphatic heterocycles. The predicted octanol–water partition coefficient (Wildman–Crippen LogP) is -10.2. The second-order valence-corrected chi connectivity index (χ2v) is 4.10. The molecule has 4 atom stereocenters. The molecule has 0 unspecified atom stereocenters. The number of rotatable bonds is 5. The summed E-state index contributed by atoms with van der Waals surface area (Å²) in [5.74, 6) is -1.93. The molecule has 0 aliphatic rings. The fourth-order valence-corrected chi connectivity index (χ4v) is 1.10. The van der Waals surface area contributed by atoms with Gasteiger partial charge in [0.15, 0.2) is 6.10 Å². The number of phosphoric ester groups is 1. The van der Waals surface area contributed by atoms with E-state index in [0.29, 0.717) is 0 Å². The van der Waals surface area contributed by atoms with Gasteiger partial charge in [0, 0.05) is 0 Å². The molecule has 0 aromatic rings. The van der Waals surface area contributed by atoms with Gasteiger partial charge in [-0.05, 0) is 6.92 Å². The summed E-state index contributed by atoms with van der Waals surface area (Å²) in [4.78, 5) is 30.7. The maximum atomic E-state index is 10.7. The number of phosphoric acid groups is 1. The summed E-state index contributed by atoms with van der Waals surface area (Å²) in [5.41, 5.74) is 0. The summed E-state index contributed by atoms with van der Waals surface area (Å²) < 4.78 is 13.3. The molecule has 0 heterocycles. The van der Waals surface area contributed by atoms with Crippen molar-refractivity contribution in [1.82, 2.24) is 0 Å². The molecular weight excluding hydrogens is 293 g/mol. The first kappa shape index (κ1) is 24.5. The van der Waals surface area contributed by atoms with Crippen molar-refractivity contribution in [3.05, 3.63) is 0 Å². The summed E-state index contributed by atoms with van der Waals surface area (Å²) in [5, 5.41) is 35.9. The normalized spacial score (nSPS) is 17.5. The summed E-state index contributed by atoms with van der Waals surface area (Å²) >= 11 is 0. The van der Waals surface area contributed by atoms with Crippen molar-refractivity contribution >= 4 is 13.8 Å². The van der Waals surface area contributed by atoms with Crippen LogP contribution >= 0.6 is 7.82 Å². The Morgan fingerprint density at radius 2 is 1.50 bits per heavy atom. The van der Waals surface area contributed by atoms with E-state index in [2.05, 4.69) is 4.52 Å². The second kappa shape index (κ2) is 10.2. The van der Waals surface area contributed by atoms with E-state index in [1.165, 1.54) is 0 Å². The van der Waals surface area contributed by atoms with Crippen LogP contribution in [0.4, 0.5) is 0 Å². The van der Waals surface area contributed by atoms with Gasteiger partial charge in [-0.2, -0.15) is 0 Å². The van der Waals surface area contributed by atoms with Crippen LogP contribution in [-0.4, -0.2) is 50.8 Å². The van der Waals surface area contributed by atoms with Crippen LogP contribution in [0, 0.1) is 0 Å². The van der Waals surface area contributed by atoms with Gasteiger partial charge in [-0.15, -0.1) is 0 Å². The SMILES string of the molecule is C[C@H](O)[C@@H](O)[C@@H](O)[C@H](O)C(=O)OP(=O)([O-])[O-].[Na+].[Na+]. The third-order valence-electron chi connectivity index (χ3n) is 1.61. The molecule has 0 aromatic heterocycles. The van der Waals surface area contributed by atoms with Crippen LogP contribution in [0.5, 0.6) is 0 Å². The molecule has 0 aromatic carbocycles. The molecule has 18 heavy (non-hydrogen) atoms. The van der Waals surface area contributed by atoms with E-state index >= 15 is 0 Å². The molecule has 0 aliphatic carbocycles. The van der Waals surface area contributed by atoms with Crippen molar-refractivity contribution in [2.24, 2.45) is 0 Å². The van der Waals surface area contributed by atoms with E-state index in [-0.39, 0.29) is 59.1 Å². The zero-order chi connectivity index (χ0) is 13.1. The Balaban J connectivity index is -0.00000112. The number of aliphatic hydroxyl groups is 4. The minimum absolute atomic E-state index is 0. The molecule has 0 spiro atoms. The molecule has 4 N–H and O–H groups in total. The van der Waals surface area contributed by atoms with Gasteiger partial charge in [0.1, 0.15) is 20.0 Å². The van der Waals surface area contributed by atoms with Crippen molar-refractivity contribution in [1.29, 1.82) is 0 Å². The molecule has 9 nitrogen and oxygen atoms in total. The van der Waals surface area contributed by atoms with Crippen LogP contribution in [-0.2, 0) is 13.9 Å². The van der Waals surface area contributed by atoms with E-state index in [1.807, 2.05) is 0 Å². The van der Waals surface area contributed by atoms with Crippen LogP contribution in [0.25, 0.3) is 0 Å². The third-order valence-corrected chi connectivity index (χ3v) is 2.01.